The number of aromatic nitrogens is 1. The summed E-state index contributed by atoms with van der Waals surface area (Å²) in [6.07, 6.45) is 1.60. The van der Waals surface area contributed by atoms with Gasteiger partial charge in [0.25, 0.3) is 5.56 Å². The highest BCUT2D eigenvalue weighted by molar-refractivity contribution is 7.13. The molecule has 0 aliphatic rings. The fourth-order valence-corrected chi connectivity index (χ4v) is 3.13. The molecule has 2 rings (SSSR count). The number of aryl methyl sites for hydroxylation is 1. The molecule has 4 nitrogen and oxygen atoms in total. The summed E-state index contributed by atoms with van der Waals surface area (Å²) in [5.41, 5.74) is -0.0202. The maximum atomic E-state index is 12.2. The van der Waals surface area contributed by atoms with Crippen LogP contribution in [0.3, 0.4) is 0 Å². The second-order valence-corrected chi connectivity index (χ2v) is 6.87. The second-order valence-electron chi connectivity index (χ2n) is 5.80. The predicted octanol–water partition coefficient (Wildman–Crippen LogP) is 3.34. The molecule has 0 saturated heterocycles. The lowest BCUT2D eigenvalue weighted by Gasteiger charge is -2.23. The topological polar surface area (TPSA) is 59.3 Å². The monoisotopic (exact) mass is 293 g/mol. The molecule has 1 N–H and O–H groups in total. The predicted molar refractivity (Wildman–Crippen MR) is 81.4 cm³/mol. The van der Waals surface area contributed by atoms with E-state index in [9.17, 15) is 9.59 Å². The standard InChI is InChI=1S/C15H19NO3S/c1-15(2,8-7-13(17)18)9-10-16-14(19)11-5-3-4-6-12(11)20-16/h3-6H,7-10H2,1-2H3,(H,17,18). The molecule has 2 aromatic rings. The molecule has 0 amide bonds. The Morgan fingerprint density at radius 3 is 2.65 bits per heavy atom. The van der Waals surface area contributed by atoms with E-state index in [1.54, 1.807) is 3.96 Å². The molecule has 5 heteroatoms. The summed E-state index contributed by atoms with van der Waals surface area (Å²) >= 11 is 1.48. The molecule has 1 aromatic carbocycles. The molecule has 1 aromatic heterocycles. The van der Waals surface area contributed by atoms with Crippen LogP contribution < -0.4 is 5.56 Å². The normalized spacial score (nSPS) is 11.9. The van der Waals surface area contributed by atoms with Crippen LogP contribution in [0.2, 0.25) is 0 Å². The molecular weight excluding hydrogens is 274 g/mol. The zero-order chi connectivity index (χ0) is 14.8. The Morgan fingerprint density at radius 1 is 1.30 bits per heavy atom. The molecule has 0 aliphatic heterocycles. The second kappa shape index (κ2) is 5.79. The fraction of sp³-hybridized carbons (Fsp3) is 0.467. The Bertz CT molecular complexity index is 669. The Balaban J connectivity index is 2.07. The molecular formula is C15H19NO3S. The molecule has 108 valence electrons. The van der Waals surface area contributed by atoms with Gasteiger partial charge in [-0.3, -0.25) is 13.5 Å². The first-order chi connectivity index (χ1) is 9.39. The lowest BCUT2D eigenvalue weighted by molar-refractivity contribution is -0.137. The van der Waals surface area contributed by atoms with E-state index >= 15 is 0 Å². The zero-order valence-electron chi connectivity index (χ0n) is 11.8. The van der Waals surface area contributed by atoms with E-state index in [0.29, 0.717) is 13.0 Å². The van der Waals surface area contributed by atoms with Crippen LogP contribution in [0.1, 0.15) is 33.1 Å². The van der Waals surface area contributed by atoms with Crippen molar-refractivity contribution in [1.29, 1.82) is 0 Å². The molecule has 1 heterocycles. The number of benzene rings is 1. The van der Waals surface area contributed by atoms with Gasteiger partial charge in [-0.25, -0.2) is 0 Å². The summed E-state index contributed by atoms with van der Waals surface area (Å²) in [6, 6.07) is 7.60. The molecule has 0 fully saturated rings. The van der Waals surface area contributed by atoms with Crippen molar-refractivity contribution < 1.29 is 9.90 Å². The highest BCUT2D eigenvalue weighted by atomic mass is 32.1. The maximum absolute atomic E-state index is 12.2. The van der Waals surface area contributed by atoms with E-state index in [4.69, 9.17) is 5.11 Å². The summed E-state index contributed by atoms with van der Waals surface area (Å²) < 4.78 is 2.77. The molecule has 0 bridgehead atoms. The highest BCUT2D eigenvalue weighted by Gasteiger charge is 2.20. The third-order valence-corrected chi connectivity index (χ3v) is 4.68. The van der Waals surface area contributed by atoms with E-state index in [1.165, 1.54) is 11.5 Å². The number of rotatable bonds is 6. The Hall–Kier alpha value is -1.62. The molecule has 20 heavy (non-hydrogen) atoms. The van der Waals surface area contributed by atoms with Crippen LogP contribution >= 0.6 is 11.5 Å². The lowest BCUT2D eigenvalue weighted by Crippen LogP contribution is -2.20. The van der Waals surface area contributed by atoms with Crippen molar-refractivity contribution in [2.75, 3.05) is 0 Å². The van der Waals surface area contributed by atoms with Crippen LogP contribution in [0.25, 0.3) is 10.1 Å². The molecule has 0 saturated carbocycles. The summed E-state index contributed by atoms with van der Waals surface area (Å²) in [4.78, 5) is 22.8. The number of carbonyl (C=O) groups is 1. The maximum Gasteiger partial charge on any atom is 0.303 e. The van der Waals surface area contributed by atoms with Gasteiger partial charge < -0.3 is 5.11 Å². The Kier molecular flexibility index (Phi) is 4.28. The lowest BCUT2D eigenvalue weighted by atomic mass is 9.84. The van der Waals surface area contributed by atoms with E-state index < -0.39 is 5.97 Å². The molecule has 0 atom stereocenters. The number of hydrogen-bond donors (Lipinski definition) is 1. The van der Waals surface area contributed by atoms with Crippen LogP contribution in [-0.2, 0) is 11.3 Å². The Labute approximate surface area is 121 Å². The van der Waals surface area contributed by atoms with Crippen molar-refractivity contribution in [2.45, 2.75) is 39.7 Å². The van der Waals surface area contributed by atoms with Gasteiger partial charge in [0.1, 0.15) is 0 Å². The third kappa shape index (κ3) is 3.48. The number of carboxylic acids is 1. The van der Waals surface area contributed by atoms with Gasteiger partial charge in [0, 0.05) is 13.0 Å². The fourth-order valence-electron chi connectivity index (χ4n) is 2.14. The van der Waals surface area contributed by atoms with Gasteiger partial charge in [-0.1, -0.05) is 37.5 Å². The minimum Gasteiger partial charge on any atom is -0.481 e. The first-order valence-corrected chi connectivity index (χ1v) is 7.47. The van der Waals surface area contributed by atoms with Crippen molar-refractivity contribution in [3.63, 3.8) is 0 Å². The van der Waals surface area contributed by atoms with Gasteiger partial charge in [-0.15, -0.1) is 0 Å². The van der Waals surface area contributed by atoms with Gasteiger partial charge in [-0.2, -0.15) is 0 Å². The van der Waals surface area contributed by atoms with Gasteiger partial charge in [0.2, 0.25) is 0 Å². The van der Waals surface area contributed by atoms with Crippen LogP contribution in [0.15, 0.2) is 29.1 Å². The largest absolute Gasteiger partial charge is 0.481 e. The number of fused-ring (bicyclic) bond motifs is 1. The van der Waals surface area contributed by atoms with Crippen LogP contribution in [0.4, 0.5) is 0 Å². The minimum absolute atomic E-state index is 0.0552. The molecule has 0 spiro atoms. The average Bonchev–Trinajstić information content (AvgIpc) is 2.72. The molecule has 0 unspecified atom stereocenters. The number of nitrogens with zero attached hydrogens (tertiary/aromatic N) is 1. The number of hydrogen-bond acceptors (Lipinski definition) is 3. The van der Waals surface area contributed by atoms with Gasteiger partial charge in [-0.05, 0) is 30.4 Å². The van der Waals surface area contributed by atoms with E-state index in [1.807, 2.05) is 38.1 Å². The van der Waals surface area contributed by atoms with Crippen molar-refractivity contribution in [2.24, 2.45) is 5.41 Å². The third-order valence-electron chi connectivity index (χ3n) is 3.56. The SMILES string of the molecule is CC(C)(CCC(=O)O)CCn1sc2ccccc2c1=O. The molecule has 0 aliphatic carbocycles. The van der Waals surface area contributed by atoms with E-state index in [0.717, 1.165) is 16.5 Å². The van der Waals surface area contributed by atoms with Crippen molar-refractivity contribution in [1.82, 2.24) is 3.96 Å². The summed E-state index contributed by atoms with van der Waals surface area (Å²) in [5.74, 6) is -0.767. The summed E-state index contributed by atoms with van der Waals surface area (Å²) in [7, 11) is 0. The minimum atomic E-state index is -0.767. The van der Waals surface area contributed by atoms with Crippen molar-refractivity contribution in [3.05, 3.63) is 34.6 Å². The smallest absolute Gasteiger partial charge is 0.303 e. The summed E-state index contributed by atoms with van der Waals surface area (Å²) in [5, 5.41) is 9.51. The van der Waals surface area contributed by atoms with Gasteiger partial charge in [0.05, 0.1) is 10.1 Å². The van der Waals surface area contributed by atoms with Crippen molar-refractivity contribution in [3.8, 4) is 0 Å². The first kappa shape index (κ1) is 14.8. The average molecular weight is 293 g/mol. The highest BCUT2D eigenvalue weighted by Crippen LogP contribution is 2.28. The van der Waals surface area contributed by atoms with Crippen LogP contribution in [0, 0.1) is 5.41 Å². The van der Waals surface area contributed by atoms with Crippen molar-refractivity contribution >= 4 is 27.6 Å². The van der Waals surface area contributed by atoms with Gasteiger partial charge in [0.15, 0.2) is 0 Å². The van der Waals surface area contributed by atoms with E-state index in [-0.39, 0.29) is 17.4 Å². The first-order valence-electron chi connectivity index (χ1n) is 6.70. The molecule has 0 radical (unpaired) electrons. The van der Waals surface area contributed by atoms with Crippen LogP contribution in [0.5, 0.6) is 0 Å². The summed E-state index contributed by atoms with van der Waals surface area (Å²) in [6.45, 7) is 4.74. The quantitative estimate of drug-likeness (QED) is 0.888. The van der Waals surface area contributed by atoms with Crippen LogP contribution in [-0.4, -0.2) is 15.0 Å². The number of aliphatic carboxylic acids is 1. The van der Waals surface area contributed by atoms with E-state index in [2.05, 4.69) is 0 Å². The Morgan fingerprint density at radius 2 is 2.00 bits per heavy atom. The zero-order valence-corrected chi connectivity index (χ0v) is 12.6. The van der Waals surface area contributed by atoms with Gasteiger partial charge >= 0.3 is 5.97 Å². The number of carboxylic acid groups (broad SMARTS) is 1.